The molecular weight excluding hydrogens is 256 g/mol. The number of rotatable bonds is 3. The second kappa shape index (κ2) is 5.17. The molecule has 1 saturated carbocycles. The molecule has 19 heavy (non-hydrogen) atoms. The molecule has 2 N–H and O–H groups in total. The van der Waals surface area contributed by atoms with Gasteiger partial charge in [-0.15, -0.1) is 11.8 Å². The van der Waals surface area contributed by atoms with Crippen LogP contribution in [0.25, 0.3) is 0 Å². The number of nitrogens with one attached hydrogen (secondary N) is 2. The zero-order chi connectivity index (χ0) is 13.3. The van der Waals surface area contributed by atoms with E-state index in [1.165, 1.54) is 4.90 Å². The molecule has 0 radical (unpaired) electrons. The van der Waals surface area contributed by atoms with Crippen LogP contribution in [0.2, 0.25) is 0 Å². The van der Waals surface area contributed by atoms with E-state index in [0.29, 0.717) is 5.41 Å². The van der Waals surface area contributed by atoms with Crippen molar-refractivity contribution in [3.05, 3.63) is 24.3 Å². The lowest BCUT2D eigenvalue weighted by Gasteiger charge is -2.23. The molecule has 2 aliphatic rings. The lowest BCUT2D eigenvalue weighted by molar-refractivity contribution is -0.118. The van der Waals surface area contributed by atoms with Crippen molar-refractivity contribution in [1.29, 1.82) is 0 Å². The summed E-state index contributed by atoms with van der Waals surface area (Å²) >= 11 is 1.71. The maximum absolute atomic E-state index is 12.3. The number of hydrogen-bond acceptors (Lipinski definition) is 3. The van der Waals surface area contributed by atoms with Crippen molar-refractivity contribution in [2.45, 2.75) is 24.2 Å². The smallest absolute Gasteiger partial charge is 0.228 e. The number of benzene rings is 1. The van der Waals surface area contributed by atoms with E-state index in [2.05, 4.69) is 16.9 Å². The van der Waals surface area contributed by atoms with Gasteiger partial charge in [0.15, 0.2) is 0 Å². The first-order valence-electron chi connectivity index (χ1n) is 6.89. The summed E-state index contributed by atoms with van der Waals surface area (Å²) in [4.78, 5) is 13.5. The van der Waals surface area contributed by atoms with Crippen molar-refractivity contribution in [2.24, 2.45) is 11.3 Å². The van der Waals surface area contributed by atoms with Crippen molar-refractivity contribution in [2.75, 3.05) is 24.7 Å². The number of piperidine rings is 1. The minimum atomic E-state index is 0.207. The number of carbonyl (C=O) groups excluding carboxylic acids is 1. The summed E-state index contributed by atoms with van der Waals surface area (Å²) in [6, 6.07) is 8.07. The largest absolute Gasteiger partial charge is 0.326 e. The number of thioether (sulfide) groups is 1. The zero-order valence-electron chi connectivity index (χ0n) is 11.2. The SMILES string of the molecule is CSc1ccc(NC(=O)C2CC23CCNCC3)cc1. The van der Waals surface area contributed by atoms with Gasteiger partial charge in [-0.3, -0.25) is 4.79 Å². The Morgan fingerprint density at radius 3 is 2.63 bits per heavy atom. The fraction of sp³-hybridized carbons (Fsp3) is 0.533. The van der Waals surface area contributed by atoms with Gasteiger partial charge < -0.3 is 10.6 Å². The van der Waals surface area contributed by atoms with Crippen molar-refractivity contribution < 1.29 is 4.79 Å². The Morgan fingerprint density at radius 2 is 2.00 bits per heavy atom. The minimum Gasteiger partial charge on any atom is -0.326 e. The highest BCUT2D eigenvalue weighted by Gasteiger charge is 2.57. The van der Waals surface area contributed by atoms with Crippen molar-refractivity contribution in [3.8, 4) is 0 Å². The maximum Gasteiger partial charge on any atom is 0.228 e. The molecule has 1 spiro atoms. The van der Waals surface area contributed by atoms with Gasteiger partial charge in [0.1, 0.15) is 0 Å². The van der Waals surface area contributed by atoms with Crippen LogP contribution in [0.5, 0.6) is 0 Å². The van der Waals surface area contributed by atoms with E-state index in [9.17, 15) is 4.79 Å². The van der Waals surface area contributed by atoms with E-state index in [1.807, 2.05) is 24.3 Å². The minimum absolute atomic E-state index is 0.207. The lowest BCUT2D eigenvalue weighted by Crippen LogP contribution is -2.31. The van der Waals surface area contributed by atoms with E-state index in [-0.39, 0.29) is 11.8 Å². The maximum atomic E-state index is 12.3. The first-order chi connectivity index (χ1) is 9.23. The average Bonchev–Trinajstić information content (AvgIpc) is 3.14. The monoisotopic (exact) mass is 276 g/mol. The van der Waals surface area contributed by atoms with Crippen LogP contribution < -0.4 is 10.6 Å². The zero-order valence-corrected chi connectivity index (χ0v) is 12.1. The van der Waals surface area contributed by atoms with E-state index >= 15 is 0 Å². The highest BCUT2D eigenvalue weighted by molar-refractivity contribution is 7.98. The van der Waals surface area contributed by atoms with Gasteiger partial charge in [0.2, 0.25) is 5.91 Å². The summed E-state index contributed by atoms with van der Waals surface area (Å²) in [5, 5.41) is 6.43. The third-order valence-corrected chi connectivity index (χ3v) is 5.21. The first-order valence-corrected chi connectivity index (χ1v) is 8.12. The third-order valence-electron chi connectivity index (χ3n) is 4.46. The Morgan fingerprint density at radius 1 is 1.32 bits per heavy atom. The molecule has 4 heteroatoms. The third kappa shape index (κ3) is 2.65. The Hall–Kier alpha value is -1.00. The number of anilines is 1. The van der Waals surface area contributed by atoms with Gasteiger partial charge in [0.05, 0.1) is 0 Å². The Labute approximate surface area is 118 Å². The Bertz CT molecular complexity index is 466. The Balaban J connectivity index is 1.59. The number of carbonyl (C=O) groups is 1. The van der Waals surface area contributed by atoms with Gasteiger partial charge in [-0.2, -0.15) is 0 Å². The standard InChI is InChI=1S/C15H20N2OS/c1-19-12-4-2-11(3-5-12)17-14(18)13-10-15(13)6-8-16-9-7-15/h2-5,13,16H,6-10H2,1H3,(H,17,18). The predicted octanol–water partition coefficient (Wildman–Crippen LogP) is 2.74. The van der Waals surface area contributed by atoms with Gasteiger partial charge in [0.25, 0.3) is 0 Å². The summed E-state index contributed by atoms with van der Waals surface area (Å²) in [5.41, 5.74) is 1.23. The molecule has 0 aromatic heterocycles. The fourth-order valence-corrected chi connectivity index (χ4v) is 3.51. The number of hydrogen-bond donors (Lipinski definition) is 2. The normalized spacial score (nSPS) is 24.2. The quantitative estimate of drug-likeness (QED) is 0.834. The second-order valence-corrected chi connectivity index (χ2v) is 6.47. The summed E-state index contributed by atoms with van der Waals surface area (Å²) < 4.78 is 0. The summed E-state index contributed by atoms with van der Waals surface area (Å²) in [6.45, 7) is 2.12. The molecule has 1 amide bonds. The van der Waals surface area contributed by atoms with Gasteiger partial charge >= 0.3 is 0 Å². The van der Waals surface area contributed by atoms with Gasteiger partial charge in [-0.25, -0.2) is 0 Å². The van der Waals surface area contributed by atoms with Gasteiger partial charge in [0, 0.05) is 16.5 Å². The molecule has 1 aliphatic carbocycles. The van der Waals surface area contributed by atoms with E-state index < -0.39 is 0 Å². The molecule has 1 aromatic carbocycles. The van der Waals surface area contributed by atoms with E-state index in [4.69, 9.17) is 0 Å². The highest BCUT2D eigenvalue weighted by atomic mass is 32.2. The first kappa shape index (κ1) is 13.0. The molecule has 3 nitrogen and oxygen atoms in total. The molecule has 0 bridgehead atoms. The van der Waals surface area contributed by atoms with E-state index in [1.54, 1.807) is 11.8 Å². The molecule has 1 saturated heterocycles. The van der Waals surface area contributed by atoms with Crippen LogP contribution in [0, 0.1) is 11.3 Å². The van der Waals surface area contributed by atoms with E-state index in [0.717, 1.165) is 38.0 Å². The average molecular weight is 276 g/mol. The number of amides is 1. The van der Waals surface area contributed by atoms with Crippen LogP contribution in [0.15, 0.2) is 29.2 Å². The summed E-state index contributed by atoms with van der Waals surface area (Å²) in [7, 11) is 0. The van der Waals surface area contributed by atoms with Crippen LogP contribution in [0.3, 0.4) is 0 Å². The van der Waals surface area contributed by atoms with Crippen LogP contribution in [0.1, 0.15) is 19.3 Å². The molecule has 1 aromatic rings. The van der Waals surface area contributed by atoms with Crippen molar-refractivity contribution in [1.82, 2.24) is 5.32 Å². The fourth-order valence-electron chi connectivity index (χ4n) is 3.10. The van der Waals surface area contributed by atoms with Crippen LogP contribution >= 0.6 is 11.8 Å². The summed E-state index contributed by atoms with van der Waals surface area (Å²) in [5.74, 6) is 0.439. The molecule has 1 unspecified atom stereocenters. The van der Waals surface area contributed by atoms with Crippen LogP contribution in [-0.4, -0.2) is 25.3 Å². The molecular formula is C15H20N2OS. The molecule has 1 aliphatic heterocycles. The van der Waals surface area contributed by atoms with Gasteiger partial charge in [-0.05, 0) is 68.3 Å². The molecule has 102 valence electrons. The van der Waals surface area contributed by atoms with Crippen molar-refractivity contribution >= 4 is 23.4 Å². The molecule has 1 heterocycles. The molecule has 1 atom stereocenters. The van der Waals surface area contributed by atoms with Crippen molar-refractivity contribution in [3.63, 3.8) is 0 Å². The van der Waals surface area contributed by atoms with Crippen LogP contribution in [-0.2, 0) is 4.79 Å². The highest BCUT2D eigenvalue weighted by Crippen LogP contribution is 2.58. The Kier molecular flexibility index (Phi) is 3.54. The molecule has 3 rings (SSSR count). The van der Waals surface area contributed by atoms with Crippen LogP contribution in [0.4, 0.5) is 5.69 Å². The predicted molar refractivity (Wildman–Crippen MR) is 79.5 cm³/mol. The summed E-state index contributed by atoms with van der Waals surface area (Å²) in [6.07, 6.45) is 5.43. The topological polar surface area (TPSA) is 41.1 Å². The molecule has 2 fully saturated rings. The lowest BCUT2D eigenvalue weighted by atomic mass is 9.92. The second-order valence-electron chi connectivity index (χ2n) is 5.59. The van der Waals surface area contributed by atoms with Gasteiger partial charge in [-0.1, -0.05) is 0 Å².